The van der Waals surface area contributed by atoms with Gasteiger partial charge in [0.25, 0.3) is 0 Å². The molecule has 12 heteroatoms. The highest BCUT2D eigenvalue weighted by atomic mass is 19.4. The van der Waals surface area contributed by atoms with Gasteiger partial charge in [0, 0.05) is 36.8 Å². The SMILES string of the molecule is Nc1ncnc(N2CCC(c3nc(-c4ccc(F)c(C(F)(F)F)c4)cn3C3CCNCC3)CC2)c1C1=NC1. The monoisotopic (exact) mass is 528 g/mol. The van der Waals surface area contributed by atoms with Crippen molar-refractivity contribution in [2.45, 2.75) is 43.8 Å². The van der Waals surface area contributed by atoms with Crippen molar-refractivity contribution >= 4 is 17.3 Å². The minimum atomic E-state index is -4.78. The first kappa shape index (κ1) is 24.8. The van der Waals surface area contributed by atoms with Crippen LogP contribution in [0.5, 0.6) is 0 Å². The molecule has 0 aliphatic carbocycles. The Morgan fingerprint density at radius 2 is 1.76 bits per heavy atom. The number of nitrogens with zero attached hydrogens (tertiary/aromatic N) is 6. The Morgan fingerprint density at radius 3 is 2.45 bits per heavy atom. The molecule has 3 aliphatic rings. The quantitative estimate of drug-likeness (QED) is 0.482. The van der Waals surface area contributed by atoms with Crippen molar-refractivity contribution < 1.29 is 17.6 Å². The molecule has 3 aliphatic heterocycles. The largest absolute Gasteiger partial charge is 0.419 e. The fourth-order valence-corrected chi connectivity index (χ4v) is 5.58. The van der Waals surface area contributed by atoms with E-state index in [1.807, 2.05) is 6.20 Å². The molecule has 6 rings (SSSR count). The van der Waals surface area contributed by atoms with Gasteiger partial charge in [-0.05, 0) is 57.0 Å². The molecular formula is C26H28F4N8. The molecule has 0 unspecified atom stereocenters. The van der Waals surface area contributed by atoms with E-state index in [1.54, 1.807) is 0 Å². The van der Waals surface area contributed by atoms with Crippen LogP contribution in [-0.4, -0.2) is 58.0 Å². The number of nitrogen functional groups attached to an aromatic ring is 1. The van der Waals surface area contributed by atoms with Crippen LogP contribution in [0, 0.1) is 5.82 Å². The Labute approximate surface area is 217 Å². The molecule has 3 aromatic rings. The van der Waals surface area contributed by atoms with Gasteiger partial charge in [-0.2, -0.15) is 13.2 Å². The highest BCUT2D eigenvalue weighted by Crippen LogP contribution is 2.38. The minimum Gasteiger partial charge on any atom is -0.383 e. The molecule has 8 nitrogen and oxygen atoms in total. The third-order valence-electron chi connectivity index (χ3n) is 7.65. The number of nitrogens with one attached hydrogen (secondary N) is 1. The van der Waals surface area contributed by atoms with Crippen molar-refractivity contribution in [3.63, 3.8) is 0 Å². The number of imidazole rings is 1. The third-order valence-corrected chi connectivity index (χ3v) is 7.65. The zero-order chi connectivity index (χ0) is 26.4. The molecule has 38 heavy (non-hydrogen) atoms. The summed E-state index contributed by atoms with van der Waals surface area (Å²) < 4.78 is 56.3. The van der Waals surface area contributed by atoms with Crippen molar-refractivity contribution in [2.75, 3.05) is 43.4 Å². The predicted molar refractivity (Wildman–Crippen MR) is 136 cm³/mol. The van der Waals surface area contributed by atoms with Crippen LogP contribution in [0.2, 0.25) is 0 Å². The van der Waals surface area contributed by atoms with Crippen molar-refractivity contribution in [1.29, 1.82) is 0 Å². The van der Waals surface area contributed by atoms with Crippen LogP contribution in [0.4, 0.5) is 29.2 Å². The molecule has 200 valence electrons. The summed E-state index contributed by atoms with van der Waals surface area (Å²) in [5.41, 5.74) is 7.27. The first-order valence-electron chi connectivity index (χ1n) is 12.9. The number of rotatable bonds is 5. The number of halogens is 4. The molecule has 0 amide bonds. The van der Waals surface area contributed by atoms with Gasteiger partial charge in [0.2, 0.25) is 0 Å². The molecule has 0 radical (unpaired) electrons. The van der Waals surface area contributed by atoms with Crippen LogP contribution >= 0.6 is 0 Å². The van der Waals surface area contributed by atoms with Crippen molar-refractivity contribution in [2.24, 2.45) is 4.99 Å². The van der Waals surface area contributed by atoms with E-state index >= 15 is 0 Å². The van der Waals surface area contributed by atoms with Gasteiger partial charge in [-0.3, -0.25) is 4.99 Å². The Bertz CT molecular complexity index is 1370. The fourth-order valence-electron chi connectivity index (χ4n) is 5.58. The van der Waals surface area contributed by atoms with Crippen molar-refractivity contribution in [1.82, 2.24) is 24.8 Å². The van der Waals surface area contributed by atoms with E-state index in [0.29, 0.717) is 18.1 Å². The number of aliphatic imine (C=N–C) groups is 1. The van der Waals surface area contributed by atoms with Crippen LogP contribution in [0.15, 0.2) is 35.7 Å². The molecule has 0 atom stereocenters. The standard InChI is InChI=1S/C26H28F4N8/c27-19-2-1-16(11-18(19)26(28,29)30)21-13-38(17-3-7-32-8-4-17)24(36-21)15-5-9-37(10-6-15)25-22(20-12-33-20)23(31)34-14-35-25/h1-2,11,13-15,17,32H,3-10,12H2,(H2,31,34,35). The Balaban J connectivity index is 1.30. The maximum atomic E-state index is 13.9. The molecule has 1 aromatic carbocycles. The number of alkyl halides is 3. The summed E-state index contributed by atoms with van der Waals surface area (Å²) in [4.78, 5) is 20.0. The van der Waals surface area contributed by atoms with Gasteiger partial charge in [-0.25, -0.2) is 19.3 Å². The van der Waals surface area contributed by atoms with E-state index in [9.17, 15) is 17.6 Å². The first-order chi connectivity index (χ1) is 18.3. The van der Waals surface area contributed by atoms with Crippen LogP contribution in [0.1, 0.15) is 54.6 Å². The predicted octanol–water partition coefficient (Wildman–Crippen LogP) is 4.19. The van der Waals surface area contributed by atoms with Crippen LogP contribution in [-0.2, 0) is 6.18 Å². The lowest BCUT2D eigenvalue weighted by atomic mass is 9.94. The molecule has 3 N–H and O–H groups in total. The number of hydrogen-bond donors (Lipinski definition) is 2. The summed E-state index contributed by atoms with van der Waals surface area (Å²) in [6.07, 6.45) is 1.96. The van der Waals surface area contributed by atoms with E-state index in [0.717, 1.165) is 86.9 Å². The molecule has 2 aromatic heterocycles. The van der Waals surface area contributed by atoms with Gasteiger partial charge < -0.3 is 20.5 Å². The molecule has 0 spiro atoms. The lowest BCUT2D eigenvalue weighted by molar-refractivity contribution is -0.139. The topological polar surface area (TPSA) is 97.3 Å². The fraction of sp³-hybridized carbons (Fsp3) is 0.462. The van der Waals surface area contributed by atoms with E-state index < -0.39 is 17.6 Å². The summed E-state index contributed by atoms with van der Waals surface area (Å²) in [6, 6.07) is 3.30. The average molecular weight is 529 g/mol. The number of aromatic nitrogens is 4. The second-order valence-corrected chi connectivity index (χ2v) is 10.0. The first-order valence-corrected chi connectivity index (χ1v) is 12.9. The second-order valence-electron chi connectivity index (χ2n) is 10.0. The molecule has 0 bridgehead atoms. The van der Waals surface area contributed by atoms with Crippen molar-refractivity contribution in [3.8, 4) is 11.3 Å². The van der Waals surface area contributed by atoms with E-state index in [4.69, 9.17) is 10.7 Å². The van der Waals surface area contributed by atoms with E-state index in [-0.39, 0.29) is 17.5 Å². The average Bonchev–Trinajstić information content (AvgIpc) is 3.65. The zero-order valence-corrected chi connectivity index (χ0v) is 20.7. The number of anilines is 2. The lowest BCUT2D eigenvalue weighted by Gasteiger charge is -2.34. The van der Waals surface area contributed by atoms with Crippen LogP contribution < -0.4 is 16.0 Å². The Hall–Kier alpha value is -3.54. The highest BCUT2D eigenvalue weighted by molar-refractivity contribution is 6.16. The highest BCUT2D eigenvalue weighted by Gasteiger charge is 2.35. The van der Waals surface area contributed by atoms with Crippen LogP contribution in [0.3, 0.4) is 0 Å². The third kappa shape index (κ3) is 4.72. The maximum Gasteiger partial charge on any atom is 0.419 e. The lowest BCUT2D eigenvalue weighted by Crippen LogP contribution is -2.36. The number of nitrogens with two attached hydrogens (primary N) is 1. The number of piperidine rings is 2. The van der Waals surface area contributed by atoms with Gasteiger partial charge in [-0.1, -0.05) is 0 Å². The zero-order valence-electron chi connectivity index (χ0n) is 20.7. The molecule has 2 saturated heterocycles. The summed E-state index contributed by atoms with van der Waals surface area (Å²) in [5.74, 6) is 0.933. The number of benzene rings is 1. The summed E-state index contributed by atoms with van der Waals surface area (Å²) in [7, 11) is 0. The molecule has 2 fully saturated rings. The summed E-state index contributed by atoms with van der Waals surface area (Å²) >= 11 is 0. The van der Waals surface area contributed by atoms with Gasteiger partial charge in [0.05, 0.1) is 29.1 Å². The van der Waals surface area contributed by atoms with Gasteiger partial charge in [0.15, 0.2) is 0 Å². The normalized spacial score (nSPS) is 19.1. The minimum absolute atomic E-state index is 0.123. The van der Waals surface area contributed by atoms with E-state index in [2.05, 4.69) is 29.7 Å². The molecule has 5 heterocycles. The maximum absolute atomic E-state index is 13.9. The summed E-state index contributed by atoms with van der Waals surface area (Å²) in [5, 5.41) is 3.36. The van der Waals surface area contributed by atoms with Crippen LogP contribution in [0.25, 0.3) is 11.3 Å². The Morgan fingerprint density at radius 1 is 1.03 bits per heavy atom. The summed E-state index contributed by atoms with van der Waals surface area (Å²) in [6.45, 7) is 3.84. The van der Waals surface area contributed by atoms with Gasteiger partial charge in [-0.15, -0.1) is 0 Å². The number of hydrogen-bond acceptors (Lipinski definition) is 7. The molecule has 0 saturated carbocycles. The van der Waals surface area contributed by atoms with Gasteiger partial charge >= 0.3 is 6.18 Å². The Kier molecular flexibility index (Phi) is 6.29. The smallest absolute Gasteiger partial charge is 0.383 e. The van der Waals surface area contributed by atoms with E-state index in [1.165, 1.54) is 12.4 Å². The second kappa shape index (κ2) is 9.64. The van der Waals surface area contributed by atoms with Crippen molar-refractivity contribution in [3.05, 3.63) is 53.5 Å². The molecular weight excluding hydrogens is 500 g/mol. The van der Waals surface area contributed by atoms with Gasteiger partial charge in [0.1, 0.15) is 29.6 Å².